The Labute approximate surface area is 207 Å². The zero-order chi connectivity index (χ0) is 25.8. The van der Waals surface area contributed by atoms with Gasteiger partial charge in [0.2, 0.25) is 0 Å². The highest BCUT2D eigenvalue weighted by atomic mass is 16.5. The number of nitrogens with zero attached hydrogens (tertiary/aromatic N) is 1. The van der Waals surface area contributed by atoms with Crippen molar-refractivity contribution in [1.82, 2.24) is 4.90 Å². The molecule has 1 aliphatic heterocycles. The van der Waals surface area contributed by atoms with Crippen LogP contribution in [0, 0.1) is 5.41 Å². The third-order valence-corrected chi connectivity index (χ3v) is 7.50. The lowest BCUT2D eigenvalue weighted by Gasteiger charge is -2.52. The van der Waals surface area contributed by atoms with Gasteiger partial charge in [-0.2, -0.15) is 0 Å². The second-order valence-electron chi connectivity index (χ2n) is 9.01. The number of hydrogen-bond acceptors (Lipinski definition) is 5. The molecule has 35 heavy (non-hydrogen) atoms. The number of ether oxygens (including phenoxy) is 2. The van der Waals surface area contributed by atoms with Crippen LogP contribution in [0.2, 0.25) is 0 Å². The molecule has 3 unspecified atom stereocenters. The number of aryl methyl sites for hydroxylation is 1. The van der Waals surface area contributed by atoms with E-state index in [1.165, 1.54) is 19.8 Å². The first-order valence-electron chi connectivity index (χ1n) is 11.9. The molecular formula is C28H35NO6. The maximum absolute atomic E-state index is 13.0. The molecule has 0 saturated carbocycles. The lowest BCUT2D eigenvalue weighted by atomic mass is 9.60. The number of carboxylic acids is 2. The number of hydrogen-bond donors (Lipinski definition) is 2. The maximum atomic E-state index is 13.0. The summed E-state index contributed by atoms with van der Waals surface area (Å²) in [6.45, 7) is 6.07. The van der Waals surface area contributed by atoms with Gasteiger partial charge in [-0.1, -0.05) is 43.3 Å². The SMILES string of the molecule is CCC1(C(=O)O)C(c2ccc(OC)c(OC)c2)C(C(=O)O)=C(C)N(CCCc2ccccc2)C1C. The molecule has 0 aromatic heterocycles. The highest BCUT2D eigenvalue weighted by molar-refractivity contribution is 5.93. The third kappa shape index (κ3) is 4.72. The van der Waals surface area contributed by atoms with Crippen molar-refractivity contribution < 1.29 is 29.3 Å². The zero-order valence-electron chi connectivity index (χ0n) is 21.1. The van der Waals surface area contributed by atoms with E-state index in [1.807, 2.05) is 36.9 Å². The molecule has 3 rings (SSSR count). The smallest absolute Gasteiger partial charge is 0.333 e. The van der Waals surface area contributed by atoms with Crippen LogP contribution in [0.25, 0.3) is 0 Å². The summed E-state index contributed by atoms with van der Waals surface area (Å²) in [6.07, 6.45) is 1.87. The van der Waals surface area contributed by atoms with Crippen LogP contribution in [0.5, 0.6) is 11.5 Å². The molecule has 0 bridgehead atoms. The van der Waals surface area contributed by atoms with Gasteiger partial charge in [0.05, 0.1) is 25.2 Å². The molecule has 2 N–H and O–H groups in total. The Hall–Kier alpha value is -3.48. The molecular weight excluding hydrogens is 446 g/mol. The quantitative estimate of drug-likeness (QED) is 0.495. The standard InChI is InChI=1S/C28H35NO6/c1-6-28(27(32)33)19(3)29(16-10-13-20-11-8-7-9-12-20)18(2)24(26(30)31)25(28)21-14-15-22(34-4)23(17-21)35-5/h7-9,11-12,14-15,17,19,25H,6,10,13,16H2,1-5H3,(H,30,31)(H,32,33). The predicted octanol–water partition coefficient (Wildman–Crippen LogP) is 4.96. The largest absolute Gasteiger partial charge is 0.493 e. The van der Waals surface area contributed by atoms with Gasteiger partial charge in [-0.3, -0.25) is 4.79 Å². The molecule has 2 aromatic rings. The normalized spacial score (nSPS) is 22.1. The van der Waals surface area contributed by atoms with Gasteiger partial charge in [-0.05, 0) is 56.4 Å². The van der Waals surface area contributed by atoms with Gasteiger partial charge in [0.25, 0.3) is 0 Å². The maximum Gasteiger partial charge on any atom is 0.333 e. The fraction of sp³-hybridized carbons (Fsp3) is 0.429. The van der Waals surface area contributed by atoms with Gasteiger partial charge in [-0.25, -0.2) is 4.79 Å². The van der Waals surface area contributed by atoms with Crippen molar-refractivity contribution in [2.75, 3.05) is 20.8 Å². The van der Waals surface area contributed by atoms with Gasteiger partial charge in [0, 0.05) is 24.2 Å². The van der Waals surface area contributed by atoms with Crippen LogP contribution in [-0.4, -0.2) is 53.9 Å². The minimum Gasteiger partial charge on any atom is -0.493 e. The van der Waals surface area contributed by atoms with Crippen LogP contribution >= 0.6 is 0 Å². The average molecular weight is 482 g/mol. The van der Waals surface area contributed by atoms with Crippen molar-refractivity contribution in [3.05, 3.63) is 70.9 Å². The Bertz CT molecular complexity index is 1100. The van der Waals surface area contributed by atoms with Crippen molar-refractivity contribution in [2.24, 2.45) is 5.41 Å². The summed E-state index contributed by atoms with van der Waals surface area (Å²) in [5, 5.41) is 21.0. The van der Waals surface area contributed by atoms with Crippen molar-refractivity contribution in [3.63, 3.8) is 0 Å². The fourth-order valence-electron chi connectivity index (χ4n) is 5.62. The molecule has 3 atom stereocenters. The molecule has 1 aliphatic rings. The molecule has 7 nitrogen and oxygen atoms in total. The molecule has 2 aromatic carbocycles. The van der Waals surface area contributed by atoms with E-state index in [9.17, 15) is 19.8 Å². The minimum absolute atomic E-state index is 0.110. The van der Waals surface area contributed by atoms with E-state index in [0.29, 0.717) is 29.3 Å². The number of allylic oxidation sites excluding steroid dienone is 1. The first kappa shape index (κ1) is 26.1. The van der Waals surface area contributed by atoms with Crippen molar-refractivity contribution in [3.8, 4) is 11.5 Å². The van der Waals surface area contributed by atoms with Crippen molar-refractivity contribution in [2.45, 2.75) is 52.0 Å². The van der Waals surface area contributed by atoms with Crippen molar-refractivity contribution >= 4 is 11.9 Å². The second kappa shape index (κ2) is 10.8. The zero-order valence-corrected chi connectivity index (χ0v) is 21.1. The Balaban J connectivity index is 2.12. The van der Waals surface area contributed by atoms with E-state index in [2.05, 4.69) is 12.1 Å². The number of carboxylic acid groups (broad SMARTS) is 2. The molecule has 0 spiro atoms. The van der Waals surface area contributed by atoms with Crippen LogP contribution < -0.4 is 9.47 Å². The van der Waals surface area contributed by atoms with Gasteiger partial charge in [-0.15, -0.1) is 0 Å². The van der Waals surface area contributed by atoms with Crippen LogP contribution in [0.4, 0.5) is 0 Å². The monoisotopic (exact) mass is 481 g/mol. The number of benzene rings is 2. The number of carbonyl (C=O) groups is 2. The Kier molecular flexibility index (Phi) is 8.10. The first-order valence-corrected chi connectivity index (χ1v) is 11.9. The van der Waals surface area contributed by atoms with Crippen LogP contribution in [0.3, 0.4) is 0 Å². The fourth-order valence-corrected chi connectivity index (χ4v) is 5.62. The molecule has 0 saturated heterocycles. The van der Waals surface area contributed by atoms with E-state index in [0.717, 1.165) is 12.8 Å². The topological polar surface area (TPSA) is 96.3 Å². The number of methoxy groups -OCH3 is 2. The van der Waals surface area contributed by atoms with E-state index in [-0.39, 0.29) is 12.0 Å². The minimum atomic E-state index is -1.35. The molecule has 0 amide bonds. The molecule has 7 heteroatoms. The number of aliphatic carboxylic acids is 2. The second-order valence-corrected chi connectivity index (χ2v) is 9.01. The Morgan fingerprint density at radius 1 is 1.03 bits per heavy atom. The van der Waals surface area contributed by atoms with Crippen LogP contribution in [0.1, 0.15) is 50.7 Å². The summed E-state index contributed by atoms with van der Waals surface area (Å²) >= 11 is 0. The van der Waals surface area contributed by atoms with E-state index >= 15 is 0 Å². The Morgan fingerprint density at radius 3 is 2.23 bits per heavy atom. The van der Waals surface area contributed by atoms with Gasteiger partial charge in [0.1, 0.15) is 0 Å². The van der Waals surface area contributed by atoms with Gasteiger partial charge < -0.3 is 24.6 Å². The lowest BCUT2D eigenvalue weighted by molar-refractivity contribution is -0.156. The Morgan fingerprint density at radius 2 is 1.69 bits per heavy atom. The molecule has 0 fully saturated rings. The summed E-state index contributed by atoms with van der Waals surface area (Å²) < 4.78 is 10.8. The predicted molar refractivity (Wildman–Crippen MR) is 134 cm³/mol. The molecule has 0 aliphatic carbocycles. The first-order chi connectivity index (χ1) is 16.7. The van der Waals surface area contributed by atoms with E-state index in [4.69, 9.17) is 9.47 Å². The highest BCUT2D eigenvalue weighted by Crippen LogP contribution is 2.54. The molecule has 188 valence electrons. The average Bonchev–Trinajstić information content (AvgIpc) is 2.85. The summed E-state index contributed by atoms with van der Waals surface area (Å²) in [5.41, 5.74) is 1.14. The van der Waals surface area contributed by atoms with E-state index < -0.39 is 29.3 Å². The summed E-state index contributed by atoms with van der Waals surface area (Å²) in [7, 11) is 3.02. The molecule has 1 heterocycles. The van der Waals surface area contributed by atoms with Gasteiger partial charge in [0.15, 0.2) is 11.5 Å². The number of rotatable bonds is 10. The van der Waals surface area contributed by atoms with E-state index in [1.54, 1.807) is 25.1 Å². The molecule has 0 radical (unpaired) electrons. The van der Waals surface area contributed by atoms with Crippen LogP contribution in [0.15, 0.2) is 59.8 Å². The third-order valence-electron chi connectivity index (χ3n) is 7.50. The van der Waals surface area contributed by atoms with Gasteiger partial charge >= 0.3 is 11.9 Å². The summed E-state index contributed by atoms with van der Waals surface area (Å²) in [5.74, 6) is -2.05. The summed E-state index contributed by atoms with van der Waals surface area (Å²) in [4.78, 5) is 27.6. The van der Waals surface area contributed by atoms with Crippen molar-refractivity contribution in [1.29, 1.82) is 0 Å². The lowest BCUT2D eigenvalue weighted by Crippen LogP contribution is -2.57. The summed E-state index contributed by atoms with van der Waals surface area (Å²) in [6, 6.07) is 14.8. The highest BCUT2D eigenvalue weighted by Gasteiger charge is 2.57. The van der Waals surface area contributed by atoms with Crippen LogP contribution in [-0.2, 0) is 16.0 Å².